The van der Waals surface area contributed by atoms with Gasteiger partial charge >= 0.3 is 6.16 Å². The van der Waals surface area contributed by atoms with Gasteiger partial charge in [-0.3, -0.25) is 0 Å². The highest BCUT2D eigenvalue weighted by Crippen LogP contribution is 1.89. The predicted octanol–water partition coefficient (Wildman–Crippen LogP) is 0.171. The topological polar surface area (TPSA) is 70.0 Å². The van der Waals surface area contributed by atoms with E-state index in [1.807, 2.05) is 0 Å². The van der Waals surface area contributed by atoms with E-state index in [9.17, 15) is 0 Å². The number of carboxylic acid groups (broad SMARTS) is 2. The Morgan fingerprint density at radius 1 is 1.36 bits per heavy atom. The van der Waals surface area contributed by atoms with Crippen LogP contribution in [0.4, 0.5) is 4.79 Å². The molecule has 0 unspecified atom stereocenters. The Morgan fingerprint density at radius 3 is 1.91 bits per heavy atom. The second-order valence-electron chi connectivity index (χ2n) is 2.20. The molecule has 11 heavy (non-hydrogen) atoms. The SMILES string of the molecule is CN1CCOCC1.O=C(O)O. The first-order chi connectivity index (χ1) is 5.13. The minimum atomic E-state index is -1.83. The van der Waals surface area contributed by atoms with E-state index in [4.69, 9.17) is 19.7 Å². The summed E-state index contributed by atoms with van der Waals surface area (Å²) in [4.78, 5) is 10.8. The van der Waals surface area contributed by atoms with Crippen molar-refractivity contribution < 1.29 is 19.7 Å². The molecule has 0 radical (unpaired) electrons. The van der Waals surface area contributed by atoms with Crippen molar-refractivity contribution in [3.63, 3.8) is 0 Å². The normalized spacial score (nSPS) is 18.3. The van der Waals surface area contributed by atoms with Crippen LogP contribution in [0.1, 0.15) is 0 Å². The number of likely N-dealkylation sites (N-methyl/N-ethyl adjacent to an activating group) is 1. The molecule has 1 rings (SSSR count). The third-order valence-corrected chi connectivity index (χ3v) is 1.23. The van der Waals surface area contributed by atoms with Gasteiger partial charge in [0.15, 0.2) is 0 Å². The molecule has 0 aromatic heterocycles. The van der Waals surface area contributed by atoms with Crippen molar-refractivity contribution >= 4 is 6.16 Å². The predicted molar refractivity (Wildman–Crippen MR) is 39.0 cm³/mol. The summed E-state index contributed by atoms with van der Waals surface area (Å²) in [5.41, 5.74) is 0. The van der Waals surface area contributed by atoms with Crippen LogP contribution in [0.25, 0.3) is 0 Å². The molecule has 1 aliphatic rings. The van der Waals surface area contributed by atoms with Crippen molar-refractivity contribution in [1.82, 2.24) is 4.90 Å². The van der Waals surface area contributed by atoms with Crippen LogP contribution in [-0.4, -0.2) is 54.6 Å². The van der Waals surface area contributed by atoms with Crippen molar-refractivity contribution in [2.24, 2.45) is 0 Å². The quantitative estimate of drug-likeness (QED) is 0.532. The first-order valence-corrected chi connectivity index (χ1v) is 3.31. The van der Waals surface area contributed by atoms with Crippen molar-refractivity contribution in [2.75, 3.05) is 33.4 Å². The number of morpholine rings is 1. The minimum Gasteiger partial charge on any atom is -0.450 e. The fourth-order valence-corrected chi connectivity index (χ4v) is 0.655. The fraction of sp³-hybridized carbons (Fsp3) is 0.833. The standard InChI is InChI=1S/C5H11NO.CH2O3/c1-6-2-4-7-5-3-6;2-1(3)4/h2-5H2,1H3;(H2,2,3,4). The molecule has 0 aromatic carbocycles. The van der Waals surface area contributed by atoms with E-state index in [-0.39, 0.29) is 0 Å². The van der Waals surface area contributed by atoms with Gasteiger partial charge in [0, 0.05) is 13.1 Å². The monoisotopic (exact) mass is 163 g/mol. The molecule has 0 aliphatic carbocycles. The summed E-state index contributed by atoms with van der Waals surface area (Å²) >= 11 is 0. The van der Waals surface area contributed by atoms with Crippen LogP contribution in [0.15, 0.2) is 0 Å². The molecule has 1 saturated heterocycles. The van der Waals surface area contributed by atoms with E-state index in [1.54, 1.807) is 0 Å². The van der Waals surface area contributed by atoms with Gasteiger partial charge < -0.3 is 19.8 Å². The third-order valence-electron chi connectivity index (χ3n) is 1.23. The van der Waals surface area contributed by atoms with E-state index >= 15 is 0 Å². The number of nitrogens with zero attached hydrogens (tertiary/aromatic N) is 1. The highest BCUT2D eigenvalue weighted by molar-refractivity contribution is 5.53. The van der Waals surface area contributed by atoms with E-state index in [2.05, 4.69) is 11.9 Å². The van der Waals surface area contributed by atoms with Crippen molar-refractivity contribution in [3.8, 4) is 0 Å². The highest BCUT2D eigenvalue weighted by atomic mass is 16.6. The first kappa shape index (κ1) is 10.2. The van der Waals surface area contributed by atoms with Gasteiger partial charge in [-0.1, -0.05) is 0 Å². The molecule has 1 heterocycles. The summed E-state index contributed by atoms with van der Waals surface area (Å²) < 4.78 is 5.10. The summed E-state index contributed by atoms with van der Waals surface area (Å²) in [7, 11) is 2.11. The van der Waals surface area contributed by atoms with Crippen LogP contribution < -0.4 is 0 Å². The maximum absolute atomic E-state index is 8.56. The smallest absolute Gasteiger partial charge is 0.450 e. The second-order valence-corrected chi connectivity index (χ2v) is 2.20. The van der Waals surface area contributed by atoms with Crippen LogP contribution in [0, 0.1) is 0 Å². The Balaban J connectivity index is 0.000000218. The van der Waals surface area contributed by atoms with E-state index in [0.717, 1.165) is 26.3 Å². The Labute approximate surface area is 65.2 Å². The van der Waals surface area contributed by atoms with Crippen molar-refractivity contribution in [2.45, 2.75) is 0 Å². The lowest BCUT2D eigenvalue weighted by Crippen LogP contribution is -2.32. The van der Waals surface area contributed by atoms with E-state index in [0.29, 0.717) is 0 Å². The summed E-state index contributed by atoms with van der Waals surface area (Å²) in [6, 6.07) is 0. The van der Waals surface area contributed by atoms with Gasteiger partial charge in [0.05, 0.1) is 13.2 Å². The Hall–Kier alpha value is -0.810. The van der Waals surface area contributed by atoms with Crippen LogP contribution in [-0.2, 0) is 4.74 Å². The van der Waals surface area contributed by atoms with Crippen LogP contribution in [0.3, 0.4) is 0 Å². The zero-order valence-corrected chi connectivity index (χ0v) is 6.49. The molecule has 1 aliphatic heterocycles. The van der Waals surface area contributed by atoms with Crippen LogP contribution >= 0.6 is 0 Å². The number of hydrogen-bond donors (Lipinski definition) is 2. The Bertz CT molecular complexity index is 107. The molecule has 0 spiro atoms. The minimum absolute atomic E-state index is 0.913. The van der Waals surface area contributed by atoms with Gasteiger partial charge in [-0.15, -0.1) is 0 Å². The average molecular weight is 163 g/mol. The van der Waals surface area contributed by atoms with Crippen molar-refractivity contribution in [3.05, 3.63) is 0 Å². The molecule has 0 aromatic rings. The summed E-state index contributed by atoms with van der Waals surface area (Å²) in [5.74, 6) is 0. The molecule has 0 bridgehead atoms. The Morgan fingerprint density at radius 2 is 1.73 bits per heavy atom. The Kier molecular flexibility index (Phi) is 5.50. The molecule has 5 nitrogen and oxygen atoms in total. The molecule has 0 atom stereocenters. The number of hydrogen-bond acceptors (Lipinski definition) is 3. The second kappa shape index (κ2) is 5.94. The first-order valence-electron chi connectivity index (χ1n) is 3.31. The lowest BCUT2D eigenvalue weighted by molar-refractivity contribution is 0.0503. The molecule has 1 fully saturated rings. The van der Waals surface area contributed by atoms with E-state index in [1.165, 1.54) is 0 Å². The van der Waals surface area contributed by atoms with Crippen molar-refractivity contribution in [1.29, 1.82) is 0 Å². The third kappa shape index (κ3) is 9.19. The summed E-state index contributed by atoms with van der Waals surface area (Å²) in [6.45, 7) is 4.02. The van der Waals surface area contributed by atoms with Gasteiger partial charge in [0.2, 0.25) is 0 Å². The fourth-order valence-electron chi connectivity index (χ4n) is 0.655. The zero-order chi connectivity index (χ0) is 8.69. The van der Waals surface area contributed by atoms with Gasteiger partial charge in [-0.05, 0) is 7.05 Å². The maximum atomic E-state index is 8.56. The largest absolute Gasteiger partial charge is 0.503 e. The number of ether oxygens (including phenoxy) is 1. The summed E-state index contributed by atoms with van der Waals surface area (Å²) in [6.07, 6.45) is -1.83. The van der Waals surface area contributed by atoms with Gasteiger partial charge in [0.25, 0.3) is 0 Å². The molecular formula is C6H13NO4. The highest BCUT2D eigenvalue weighted by Gasteiger charge is 2.02. The maximum Gasteiger partial charge on any atom is 0.503 e. The average Bonchev–Trinajstić information content (AvgIpc) is 1.87. The molecule has 2 N–H and O–H groups in total. The van der Waals surface area contributed by atoms with Gasteiger partial charge in [-0.2, -0.15) is 0 Å². The van der Waals surface area contributed by atoms with Crippen LogP contribution in [0.2, 0.25) is 0 Å². The summed E-state index contributed by atoms with van der Waals surface area (Å²) in [5, 5.41) is 13.9. The lowest BCUT2D eigenvalue weighted by Gasteiger charge is -2.21. The lowest BCUT2D eigenvalue weighted by atomic mass is 10.5. The zero-order valence-electron chi connectivity index (χ0n) is 6.49. The van der Waals surface area contributed by atoms with Crippen LogP contribution in [0.5, 0.6) is 0 Å². The molecule has 0 saturated carbocycles. The number of carbonyl (C=O) groups is 1. The molecular weight excluding hydrogens is 150 g/mol. The van der Waals surface area contributed by atoms with Gasteiger partial charge in [-0.25, -0.2) is 4.79 Å². The van der Waals surface area contributed by atoms with E-state index < -0.39 is 6.16 Å². The number of rotatable bonds is 0. The van der Waals surface area contributed by atoms with Gasteiger partial charge in [0.1, 0.15) is 0 Å². The molecule has 66 valence electrons. The molecule has 5 heteroatoms. The molecule has 0 amide bonds.